The molecular weight excluding hydrogens is 200 g/mol. The molecule has 0 bridgehead atoms. The second-order valence-corrected chi connectivity index (χ2v) is 4.23. The van der Waals surface area contributed by atoms with E-state index in [9.17, 15) is 0 Å². The van der Waals surface area contributed by atoms with Crippen molar-refractivity contribution in [3.8, 4) is 0 Å². The lowest BCUT2D eigenvalue weighted by Crippen LogP contribution is -2.18. The molecule has 2 aromatic rings. The van der Waals surface area contributed by atoms with Crippen LogP contribution in [0, 0.1) is 0 Å². The zero-order chi connectivity index (χ0) is 11.5. The van der Waals surface area contributed by atoms with Crippen LogP contribution in [0.25, 0.3) is 11.0 Å². The maximum atomic E-state index is 5.73. The molecule has 0 atom stereocenters. The number of nitrogens with zero attached hydrogens (tertiary/aromatic N) is 3. The Labute approximate surface area is 95.7 Å². The van der Waals surface area contributed by atoms with Crippen LogP contribution in [0.5, 0.6) is 0 Å². The van der Waals surface area contributed by atoms with E-state index in [1.54, 1.807) is 0 Å². The molecule has 0 aliphatic carbocycles. The molecule has 16 heavy (non-hydrogen) atoms. The molecule has 0 aliphatic heterocycles. The molecule has 0 saturated heterocycles. The van der Waals surface area contributed by atoms with Crippen LogP contribution in [0.2, 0.25) is 0 Å². The average molecular weight is 218 g/mol. The molecule has 0 aliphatic rings. The lowest BCUT2D eigenvalue weighted by atomic mass is 10.2. The normalized spacial score (nSPS) is 11.5. The van der Waals surface area contributed by atoms with Crippen molar-refractivity contribution < 1.29 is 0 Å². The molecule has 4 nitrogen and oxygen atoms in total. The summed E-state index contributed by atoms with van der Waals surface area (Å²) in [5, 5.41) is 1.17. The van der Waals surface area contributed by atoms with E-state index >= 15 is 0 Å². The summed E-state index contributed by atoms with van der Waals surface area (Å²) in [6, 6.07) is 4.04. The Morgan fingerprint density at radius 2 is 2.25 bits per heavy atom. The second-order valence-electron chi connectivity index (χ2n) is 4.23. The smallest absolute Gasteiger partial charge is 0.140 e. The molecular formula is C12H18N4. The molecule has 0 aromatic carbocycles. The summed E-state index contributed by atoms with van der Waals surface area (Å²) in [5.74, 6) is 0. The van der Waals surface area contributed by atoms with Gasteiger partial charge >= 0.3 is 0 Å². The van der Waals surface area contributed by atoms with Crippen molar-refractivity contribution in [2.45, 2.75) is 13.1 Å². The molecule has 0 fully saturated rings. The topological polar surface area (TPSA) is 47.1 Å². The number of aromatic nitrogens is 2. The van der Waals surface area contributed by atoms with Gasteiger partial charge in [-0.1, -0.05) is 0 Å². The summed E-state index contributed by atoms with van der Waals surface area (Å²) in [4.78, 5) is 6.58. The summed E-state index contributed by atoms with van der Waals surface area (Å²) in [6.07, 6.45) is 3.94. The van der Waals surface area contributed by atoms with E-state index in [4.69, 9.17) is 5.73 Å². The highest BCUT2D eigenvalue weighted by molar-refractivity contribution is 5.80. The SMILES string of the molecule is CN(C)CCn1cc(CN)c2cccnc21. The Morgan fingerprint density at radius 1 is 1.44 bits per heavy atom. The van der Waals surface area contributed by atoms with Gasteiger partial charge in [-0.05, 0) is 31.8 Å². The number of pyridine rings is 1. The first-order valence-electron chi connectivity index (χ1n) is 5.50. The van der Waals surface area contributed by atoms with Crippen LogP contribution in [0.15, 0.2) is 24.5 Å². The van der Waals surface area contributed by atoms with Gasteiger partial charge in [-0.25, -0.2) is 4.98 Å². The predicted molar refractivity (Wildman–Crippen MR) is 66.2 cm³/mol. The van der Waals surface area contributed by atoms with Crippen LogP contribution in [0.4, 0.5) is 0 Å². The third-order valence-corrected chi connectivity index (χ3v) is 2.72. The van der Waals surface area contributed by atoms with Gasteiger partial charge < -0.3 is 15.2 Å². The molecule has 0 amide bonds. The first-order chi connectivity index (χ1) is 7.72. The monoisotopic (exact) mass is 218 g/mol. The van der Waals surface area contributed by atoms with Crippen LogP contribution in [-0.4, -0.2) is 35.1 Å². The molecule has 2 N–H and O–H groups in total. The number of likely N-dealkylation sites (N-methyl/N-ethyl adjacent to an activating group) is 1. The Kier molecular flexibility index (Phi) is 3.22. The van der Waals surface area contributed by atoms with Crippen LogP contribution < -0.4 is 5.73 Å². The van der Waals surface area contributed by atoms with Crippen molar-refractivity contribution in [3.05, 3.63) is 30.1 Å². The fourth-order valence-electron chi connectivity index (χ4n) is 1.84. The first kappa shape index (κ1) is 11.1. The van der Waals surface area contributed by atoms with E-state index in [2.05, 4.69) is 40.8 Å². The van der Waals surface area contributed by atoms with E-state index in [1.165, 1.54) is 10.9 Å². The van der Waals surface area contributed by atoms with Gasteiger partial charge in [0.25, 0.3) is 0 Å². The van der Waals surface area contributed by atoms with Gasteiger partial charge in [0, 0.05) is 37.4 Å². The Morgan fingerprint density at radius 3 is 2.94 bits per heavy atom. The number of nitrogens with two attached hydrogens (primary N) is 1. The van der Waals surface area contributed by atoms with Gasteiger partial charge in [0.05, 0.1) is 0 Å². The van der Waals surface area contributed by atoms with Crippen molar-refractivity contribution in [2.75, 3.05) is 20.6 Å². The Bertz CT molecular complexity index is 473. The van der Waals surface area contributed by atoms with Crippen molar-refractivity contribution in [3.63, 3.8) is 0 Å². The van der Waals surface area contributed by atoms with Gasteiger partial charge in [0.1, 0.15) is 5.65 Å². The zero-order valence-corrected chi connectivity index (χ0v) is 9.85. The fraction of sp³-hybridized carbons (Fsp3) is 0.417. The minimum Gasteiger partial charge on any atom is -0.331 e. The van der Waals surface area contributed by atoms with E-state index in [1.807, 2.05) is 12.3 Å². The average Bonchev–Trinajstić information content (AvgIpc) is 2.65. The van der Waals surface area contributed by atoms with Crippen molar-refractivity contribution >= 4 is 11.0 Å². The van der Waals surface area contributed by atoms with Crippen molar-refractivity contribution in [1.29, 1.82) is 0 Å². The highest BCUT2D eigenvalue weighted by Crippen LogP contribution is 2.18. The lowest BCUT2D eigenvalue weighted by molar-refractivity contribution is 0.386. The maximum absolute atomic E-state index is 5.73. The highest BCUT2D eigenvalue weighted by atomic mass is 15.1. The van der Waals surface area contributed by atoms with Gasteiger partial charge in [-0.3, -0.25) is 0 Å². The summed E-state index contributed by atoms with van der Waals surface area (Å²) in [5.41, 5.74) is 7.93. The standard InChI is InChI=1S/C12H18N4/c1-15(2)6-7-16-9-10(8-13)11-4-3-5-14-12(11)16/h3-5,9H,6-8,13H2,1-2H3. The number of rotatable bonds is 4. The summed E-state index contributed by atoms with van der Waals surface area (Å²) in [6.45, 7) is 2.52. The first-order valence-corrected chi connectivity index (χ1v) is 5.50. The molecule has 0 radical (unpaired) electrons. The van der Waals surface area contributed by atoms with E-state index < -0.39 is 0 Å². The molecule has 4 heteroatoms. The van der Waals surface area contributed by atoms with E-state index in [0.29, 0.717) is 6.54 Å². The van der Waals surface area contributed by atoms with Crippen molar-refractivity contribution in [2.24, 2.45) is 5.73 Å². The van der Waals surface area contributed by atoms with Crippen LogP contribution in [-0.2, 0) is 13.1 Å². The molecule has 0 spiro atoms. The molecule has 0 unspecified atom stereocenters. The van der Waals surface area contributed by atoms with Gasteiger partial charge in [0.15, 0.2) is 0 Å². The molecule has 86 valence electrons. The Hall–Kier alpha value is -1.39. The van der Waals surface area contributed by atoms with Crippen LogP contribution in [0.3, 0.4) is 0 Å². The maximum Gasteiger partial charge on any atom is 0.140 e. The third-order valence-electron chi connectivity index (χ3n) is 2.72. The fourth-order valence-corrected chi connectivity index (χ4v) is 1.84. The van der Waals surface area contributed by atoms with Gasteiger partial charge in [-0.2, -0.15) is 0 Å². The predicted octanol–water partition coefficient (Wildman–Crippen LogP) is 1.06. The van der Waals surface area contributed by atoms with E-state index in [-0.39, 0.29) is 0 Å². The summed E-state index contributed by atoms with van der Waals surface area (Å²) < 4.78 is 2.18. The van der Waals surface area contributed by atoms with Crippen LogP contribution >= 0.6 is 0 Å². The van der Waals surface area contributed by atoms with Crippen molar-refractivity contribution in [1.82, 2.24) is 14.5 Å². The number of hydrogen-bond acceptors (Lipinski definition) is 3. The highest BCUT2D eigenvalue weighted by Gasteiger charge is 2.07. The molecule has 0 saturated carbocycles. The summed E-state index contributed by atoms with van der Waals surface area (Å²) >= 11 is 0. The molecule has 2 aromatic heterocycles. The molecule has 2 rings (SSSR count). The largest absolute Gasteiger partial charge is 0.331 e. The minimum atomic E-state index is 0.567. The lowest BCUT2D eigenvalue weighted by Gasteiger charge is -2.10. The minimum absolute atomic E-state index is 0.567. The summed E-state index contributed by atoms with van der Waals surface area (Å²) in [7, 11) is 4.14. The quantitative estimate of drug-likeness (QED) is 0.834. The second kappa shape index (κ2) is 4.63. The number of fused-ring (bicyclic) bond motifs is 1. The van der Waals surface area contributed by atoms with Crippen LogP contribution in [0.1, 0.15) is 5.56 Å². The Balaban J connectivity index is 2.37. The van der Waals surface area contributed by atoms with E-state index in [0.717, 1.165) is 18.7 Å². The third kappa shape index (κ3) is 2.08. The number of hydrogen-bond donors (Lipinski definition) is 1. The van der Waals surface area contributed by atoms with Gasteiger partial charge in [-0.15, -0.1) is 0 Å². The van der Waals surface area contributed by atoms with Gasteiger partial charge in [0.2, 0.25) is 0 Å². The zero-order valence-electron chi connectivity index (χ0n) is 9.85. The molecule has 2 heterocycles.